The molecule has 0 atom stereocenters. The van der Waals surface area contributed by atoms with Crippen LogP contribution in [0.5, 0.6) is 11.5 Å². The van der Waals surface area contributed by atoms with Crippen LogP contribution >= 0.6 is 11.8 Å². The van der Waals surface area contributed by atoms with Crippen molar-refractivity contribution in [3.63, 3.8) is 0 Å². The predicted octanol–water partition coefficient (Wildman–Crippen LogP) is 4.03. The number of hydrogen-bond donors (Lipinski definition) is 2. The van der Waals surface area contributed by atoms with Gasteiger partial charge in [0.05, 0.1) is 30.2 Å². The van der Waals surface area contributed by atoms with Crippen LogP contribution in [0.2, 0.25) is 0 Å². The van der Waals surface area contributed by atoms with E-state index in [2.05, 4.69) is 10.3 Å². The fourth-order valence-electron chi connectivity index (χ4n) is 2.79. The molecule has 0 radical (unpaired) electrons. The molecule has 2 N–H and O–H groups in total. The number of carboxylic acids is 1. The molecule has 166 valence electrons. The number of nitrogens with zero attached hydrogens (tertiary/aromatic N) is 1. The number of benzene rings is 2. The zero-order valence-electron chi connectivity index (χ0n) is 17.6. The summed E-state index contributed by atoms with van der Waals surface area (Å²) in [6, 6.07) is 12.0. The largest absolute Gasteiger partial charge is 0.490 e. The highest BCUT2D eigenvalue weighted by molar-refractivity contribution is 8.18. The SMILES string of the molecule is CCOc1cc(/C=C2/SC(=Nc3cccc(C(C)=O)c3)NC2=O)ccc1OCCC(=O)O. The molecule has 8 nitrogen and oxygen atoms in total. The Bertz CT molecular complexity index is 1110. The molecule has 0 saturated carbocycles. The molecule has 1 amide bonds. The average molecular weight is 455 g/mol. The molecule has 1 fully saturated rings. The summed E-state index contributed by atoms with van der Waals surface area (Å²) in [4.78, 5) is 39.5. The number of ketones is 1. The number of nitrogens with one attached hydrogen (secondary N) is 1. The second-order valence-corrected chi connectivity index (χ2v) is 7.75. The molecule has 0 bridgehead atoms. The van der Waals surface area contributed by atoms with Gasteiger partial charge in [0.15, 0.2) is 22.4 Å². The quantitative estimate of drug-likeness (QED) is 0.434. The lowest BCUT2D eigenvalue weighted by Gasteiger charge is -2.12. The second kappa shape index (κ2) is 10.6. The zero-order valence-corrected chi connectivity index (χ0v) is 18.4. The van der Waals surface area contributed by atoms with Crippen molar-refractivity contribution in [1.82, 2.24) is 5.32 Å². The lowest BCUT2D eigenvalue weighted by Crippen LogP contribution is -2.19. The number of aliphatic carboxylic acids is 1. The average Bonchev–Trinajstić information content (AvgIpc) is 3.08. The number of amidine groups is 1. The molecule has 2 aromatic carbocycles. The Labute approximate surface area is 189 Å². The van der Waals surface area contributed by atoms with Gasteiger partial charge in [0.25, 0.3) is 5.91 Å². The molecule has 1 aliphatic heterocycles. The van der Waals surface area contributed by atoms with Gasteiger partial charge in [0.2, 0.25) is 0 Å². The van der Waals surface area contributed by atoms with E-state index in [1.54, 1.807) is 48.5 Å². The Hall–Kier alpha value is -3.59. The number of amides is 1. The Kier molecular flexibility index (Phi) is 7.67. The van der Waals surface area contributed by atoms with E-state index in [-0.39, 0.29) is 24.7 Å². The van der Waals surface area contributed by atoms with Gasteiger partial charge in [-0.1, -0.05) is 18.2 Å². The predicted molar refractivity (Wildman–Crippen MR) is 123 cm³/mol. The number of hydrogen-bond acceptors (Lipinski definition) is 7. The first-order valence-electron chi connectivity index (χ1n) is 9.87. The van der Waals surface area contributed by atoms with Gasteiger partial charge in [-0.25, -0.2) is 4.99 Å². The van der Waals surface area contributed by atoms with Gasteiger partial charge >= 0.3 is 5.97 Å². The van der Waals surface area contributed by atoms with Gasteiger partial charge in [-0.15, -0.1) is 0 Å². The summed E-state index contributed by atoms with van der Waals surface area (Å²) in [5, 5.41) is 11.9. The summed E-state index contributed by atoms with van der Waals surface area (Å²) in [7, 11) is 0. The Morgan fingerprint density at radius 2 is 1.97 bits per heavy atom. The number of ether oxygens (including phenoxy) is 2. The maximum absolute atomic E-state index is 12.4. The summed E-state index contributed by atoms with van der Waals surface area (Å²) >= 11 is 1.19. The van der Waals surface area contributed by atoms with Gasteiger partial charge in [-0.3, -0.25) is 14.4 Å². The van der Waals surface area contributed by atoms with Gasteiger partial charge in [0.1, 0.15) is 0 Å². The molecule has 0 spiro atoms. The van der Waals surface area contributed by atoms with Crippen molar-refractivity contribution in [3.05, 3.63) is 58.5 Å². The Morgan fingerprint density at radius 3 is 2.69 bits per heavy atom. The van der Waals surface area contributed by atoms with Gasteiger partial charge < -0.3 is 19.9 Å². The third kappa shape index (κ3) is 6.21. The number of carboxylic acid groups (broad SMARTS) is 1. The van der Waals surface area contributed by atoms with E-state index >= 15 is 0 Å². The van der Waals surface area contributed by atoms with Crippen LogP contribution in [0.15, 0.2) is 52.4 Å². The first-order valence-corrected chi connectivity index (χ1v) is 10.7. The van der Waals surface area contributed by atoms with E-state index in [1.165, 1.54) is 18.7 Å². The van der Waals surface area contributed by atoms with Crippen LogP contribution in [0.3, 0.4) is 0 Å². The third-order valence-corrected chi connectivity index (χ3v) is 5.18. The summed E-state index contributed by atoms with van der Waals surface area (Å²) in [6.45, 7) is 3.74. The van der Waals surface area contributed by atoms with E-state index in [4.69, 9.17) is 14.6 Å². The van der Waals surface area contributed by atoms with Crippen LogP contribution in [-0.4, -0.2) is 41.1 Å². The molecule has 0 aliphatic carbocycles. The van der Waals surface area contributed by atoms with Crippen LogP contribution in [0.1, 0.15) is 36.2 Å². The third-order valence-electron chi connectivity index (χ3n) is 4.27. The highest BCUT2D eigenvalue weighted by Gasteiger charge is 2.24. The topological polar surface area (TPSA) is 114 Å². The molecule has 2 aromatic rings. The zero-order chi connectivity index (χ0) is 23.1. The Morgan fingerprint density at radius 1 is 1.16 bits per heavy atom. The van der Waals surface area contributed by atoms with Crippen molar-refractivity contribution in [2.45, 2.75) is 20.3 Å². The van der Waals surface area contributed by atoms with Crippen LogP contribution < -0.4 is 14.8 Å². The minimum absolute atomic E-state index is 0.0265. The van der Waals surface area contributed by atoms with Crippen LogP contribution in [0, 0.1) is 0 Å². The highest BCUT2D eigenvalue weighted by atomic mass is 32.2. The number of rotatable bonds is 9. The molecule has 1 saturated heterocycles. The summed E-state index contributed by atoms with van der Waals surface area (Å²) < 4.78 is 11.1. The van der Waals surface area contributed by atoms with Crippen molar-refractivity contribution < 1.29 is 29.0 Å². The van der Waals surface area contributed by atoms with E-state index in [0.29, 0.717) is 39.4 Å². The minimum Gasteiger partial charge on any atom is -0.490 e. The fourth-order valence-corrected chi connectivity index (χ4v) is 3.64. The van der Waals surface area contributed by atoms with Gasteiger partial charge in [-0.2, -0.15) is 0 Å². The normalized spacial score (nSPS) is 15.6. The lowest BCUT2D eigenvalue weighted by molar-refractivity contribution is -0.137. The molecule has 9 heteroatoms. The minimum atomic E-state index is -0.945. The molecule has 1 heterocycles. The summed E-state index contributed by atoms with van der Waals surface area (Å²) in [5.41, 5.74) is 1.84. The number of Topliss-reactive ketones (excluding diaryl/α,β-unsaturated/α-hetero) is 1. The Balaban J connectivity index is 1.78. The standard InChI is InChI=1S/C23H22N2O6S/c1-3-30-19-11-15(7-8-18(19)31-10-9-21(27)28)12-20-22(29)25-23(32-20)24-17-6-4-5-16(13-17)14(2)26/h4-8,11-13H,3,9-10H2,1-2H3,(H,27,28)(H,24,25,29)/b20-12+. The maximum Gasteiger partial charge on any atom is 0.306 e. The van der Waals surface area contributed by atoms with E-state index in [1.807, 2.05) is 6.92 Å². The lowest BCUT2D eigenvalue weighted by atomic mass is 10.1. The van der Waals surface area contributed by atoms with Crippen molar-refractivity contribution in [2.24, 2.45) is 4.99 Å². The van der Waals surface area contributed by atoms with Crippen molar-refractivity contribution in [1.29, 1.82) is 0 Å². The van der Waals surface area contributed by atoms with E-state index < -0.39 is 5.97 Å². The molecule has 3 rings (SSSR count). The smallest absolute Gasteiger partial charge is 0.306 e. The second-order valence-electron chi connectivity index (χ2n) is 6.72. The number of aliphatic imine (C=N–C) groups is 1. The van der Waals surface area contributed by atoms with Crippen molar-refractivity contribution in [2.75, 3.05) is 13.2 Å². The number of thioether (sulfide) groups is 1. The monoisotopic (exact) mass is 454 g/mol. The first-order chi connectivity index (χ1) is 15.4. The maximum atomic E-state index is 12.4. The van der Waals surface area contributed by atoms with Gasteiger partial charge in [-0.05, 0) is 61.5 Å². The van der Waals surface area contributed by atoms with E-state index in [9.17, 15) is 14.4 Å². The van der Waals surface area contributed by atoms with E-state index in [0.717, 1.165) is 5.56 Å². The summed E-state index contributed by atoms with van der Waals surface area (Å²) in [5.74, 6) is -0.386. The van der Waals surface area contributed by atoms with Crippen LogP contribution in [-0.2, 0) is 9.59 Å². The molecular weight excluding hydrogens is 432 g/mol. The first kappa shape index (κ1) is 23.1. The number of carbonyl (C=O) groups is 3. The molecular formula is C23H22N2O6S. The number of carbonyl (C=O) groups excluding carboxylic acids is 2. The molecule has 0 aromatic heterocycles. The highest BCUT2D eigenvalue weighted by Crippen LogP contribution is 2.32. The van der Waals surface area contributed by atoms with Crippen molar-refractivity contribution in [3.8, 4) is 11.5 Å². The van der Waals surface area contributed by atoms with Crippen LogP contribution in [0.25, 0.3) is 6.08 Å². The van der Waals surface area contributed by atoms with Crippen molar-refractivity contribution >= 4 is 46.4 Å². The fraction of sp³-hybridized carbons (Fsp3) is 0.217. The van der Waals surface area contributed by atoms with Crippen LogP contribution in [0.4, 0.5) is 5.69 Å². The molecule has 0 unspecified atom stereocenters. The molecule has 32 heavy (non-hydrogen) atoms. The molecule has 1 aliphatic rings. The van der Waals surface area contributed by atoms with Gasteiger partial charge in [0, 0.05) is 5.56 Å². The summed E-state index contributed by atoms with van der Waals surface area (Å²) in [6.07, 6.45) is 1.59.